The van der Waals surface area contributed by atoms with Gasteiger partial charge in [-0.25, -0.2) is 0 Å². The average Bonchev–Trinajstić information content (AvgIpc) is 2.82. The lowest BCUT2D eigenvalue weighted by Crippen LogP contribution is -2.42. The van der Waals surface area contributed by atoms with Crippen molar-refractivity contribution in [3.8, 4) is 11.5 Å². The van der Waals surface area contributed by atoms with Crippen molar-refractivity contribution in [1.29, 1.82) is 0 Å². The molecule has 19 heavy (non-hydrogen) atoms. The lowest BCUT2D eigenvalue weighted by molar-refractivity contribution is -0.126. The molecule has 102 valence electrons. The smallest absolute Gasteiger partial charge is 0.237 e. The third-order valence-corrected chi connectivity index (χ3v) is 2.66. The number of primary amides is 1. The molecule has 0 saturated heterocycles. The molecule has 1 aromatic carbocycles. The normalized spacial score (nSPS) is 13.9. The van der Waals surface area contributed by atoms with Crippen molar-refractivity contribution in [2.75, 3.05) is 6.79 Å². The van der Waals surface area contributed by atoms with Gasteiger partial charge in [0.25, 0.3) is 0 Å². The van der Waals surface area contributed by atoms with Gasteiger partial charge in [-0.05, 0) is 17.7 Å². The van der Waals surface area contributed by atoms with Crippen LogP contribution in [0.25, 0.3) is 0 Å². The summed E-state index contributed by atoms with van der Waals surface area (Å²) in [6.07, 6.45) is -0.174. The molecule has 1 unspecified atom stereocenters. The van der Waals surface area contributed by atoms with Gasteiger partial charge in [-0.2, -0.15) is 0 Å². The number of rotatable bonds is 5. The number of carbonyl (C=O) groups is 2. The van der Waals surface area contributed by atoms with Gasteiger partial charge in [-0.1, -0.05) is 6.07 Å². The molecule has 1 aliphatic heterocycles. The fourth-order valence-corrected chi connectivity index (χ4v) is 1.68. The van der Waals surface area contributed by atoms with Crippen LogP contribution >= 0.6 is 0 Å². The molecular weight excluding hydrogens is 250 g/mol. The number of nitrogens with two attached hydrogens (primary N) is 2. The first-order chi connectivity index (χ1) is 9.06. The maximum atomic E-state index is 11.6. The predicted octanol–water partition coefficient (Wildman–Crippen LogP) is -0.766. The first-order valence-electron chi connectivity index (χ1n) is 5.76. The Labute approximate surface area is 109 Å². The van der Waals surface area contributed by atoms with Crippen LogP contribution in [0.15, 0.2) is 18.2 Å². The van der Waals surface area contributed by atoms with Gasteiger partial charge in [-0.15, -0.1) is 0 Å². The summed E-state index contributed by atoms with van der Waals surface area (Å²) in [5, 5.41) is 2.63. The van der Waals surface area contributed by atoms with Crippen molar-refractivity contribution >= 4 is 11.8 Å². The van der Waals surface area contributed by atoms with E-state index in [4.69, 9.17) is 20.9 Å². The van der Waals surface area contributed by atoms with E-state index in [2.05, 4.69) is 5.32 Å². The summed E-state index contributed by atoms with van der Waals surface area (Å²) in [5.74, 6) is 0.302. The monoisotopic (exact) mass is 265 g/mol. The Morgan fingerprint density at radius 1 is 1.32 bits per heavy atom. The van der Waals surface area contributed by atoms with Crippen LogP contribution in [0.5, 0.6) is 11.5 Å². The third-order valence-electron chi connectivity index (χ3n) is 2.66. The zero-order valence-corrected chi connectivity index (χ0v) is 10.2. The van der Waals surface area contributed by atoms with Crippen LogP contribution in [0.4, 0.5) is 0 Å². The molecule has 2 rings (SSSR count). The molecule has 0 bridgehead atoms. The highest BCUT2D eigenvalue weighted by molar-refractivity contribution is 5.87. The Hall–Kier alpha value is -2.28. The van der Waals surface area contributed by atoms with E-state index in [9.17, 15) is 9.59 Å². The van der Waals surface area contributed by atoms with Gasteiger partial charge in [0.05, 0.1) is 12.5 Å². The highest BCUT2D eigenvalue weighted by atomic mass is 16.7. The molecule has 0 fully saturated rings. The minimum atomic E-state index is -0.925. The van der Waals surface area contributed by atoms with Crippen molar-refractivity contribution < 1.29 is 19.1 Å². The highest BCUT2D eigenvalue weighted by Gasteiger charge is 2.17. The Balaban J connectivity index is 1.88. The van der Waals surface area contributed by atoms with Crippen LogP contribution in [-0.2, 0) is 16.1 Å². The number of hydrogen-bond acceptors (Lipinski definition) is 5. The number of nitrogens with one attached hydrogen (secondary N) is 1. The molecule has 0 saturated carbocycles. The van der Waals surface area contributed by atoms with Gasteiger partial charge < -0.3 is 26.3 Å². The topological polar surface area (TPSA) is 117 Å². The molecule has 7 nitrogen and oxygen atoms in total. The van der Waals surface area contributed by atoms with Crippen molar-refractivity contribution in [2.45, 2.75) is 19.0 Å². The van der Waals surface area contributed by atoms with Crippen LogP contribution in [0.2, 0.25) is 0 Å². The maximum absolute atomic E-state index is 11.6. The van der Waals surface area contributed by atoms with Gasteiger partial charge >= 0.3 is 0 Å². The second kappa shape index (κ2) is 5.57. The number of carbonyl (C=O) groups excluding carboxylic acids is 2. The number of fused-ring (bicyclic) bond motifs is 1. The summed E-state index contributed by atoms with van der Waals surface area (Å²) >= 11 is 0. The number of ether oxygens (including phenoxy) is 2. The van der Waals surface area contributed by atoms with E-state index in [1.54, 1.807) is 12.1 Å². The van der Waals surface area contributed by atoms with Crippen molar-refractivity contribution in [3.63, 3.8) is 0 Å². The lowest BCUT2D eigenvalue weighted by Gasteiger charge is -2.10. The fourth-order valence-electron chi connectivity index (χ4n) is 1.68. The second-order valence-electron chi connectivity index (χ2n) is 4.18. The van der Waals surface area contributed by atoms with Crippen molar-refractivity contribution in [3.05, 3.63) is 23.8 Å². The number of amides is 2. The van der Waals surface area contributed by atoms with Gasteiger partial charge in [-0.3, -0.25) is 9.59 Å². The average molecular weight is 265 g/mol. The lowest BCUT2D eigenvalue weighted by atomic mass is 10.1. The van der Waals surface area contributed by atoms with E-state index in [1.165, 1.54) is 0 Å². The van der Waals surface area contributed by atoms with Crippen LogP contribution in [-0.4, -0.2) is 24.6 Å². The molecule has 0 aliphatic carbocycles. The summed E-state index contributed by atoms with van der Waals surface area (Å²) in [6, 6.07) is 4.44. The SMILES string of the molecule is NC(=O)CC(N)C(=O)NCc1ccc2c(c1)OCO2. The third kappa shape index (κ3) is 3.35. The summed E-state index contributed by atoms with van der Waals surface area (Å²) in [7, 11) is 0. The van der Waals surface area contributed by atoms with Gasteiger partial charge in [0, 0.05) is 6.54 Å². The first kappa shape index (κ1) is 13.2. The van der Waals surface area contributed by atoms with Crippen molar-refractivity contribution in [1.82, 2.24) is 5.32 Å². The maximum Gasteiger partial charge on any atom is 0.237 e. The molecule has 1 heterocycles. The highest BCUT2D eigenvalue weighted by Crippen LogP contribution is 2.32. The number of hydrogen-bond donors (Lipinski definition) is 3. The second-order valence-corrected chi connectivity index (χ2v) is 4.18. The zero-order chi connectivity index (χ0) is 13.8. The first-order valence-corrected chi connectivity index (χ1v) is 5.76. The Morgan fingerprint density at radius 2 is 2.05 bits per heavy atom. The van der Waals surface area contributed by atoms with Crippen molar-refractivity contribution in [2.24, 2.45) is 11.5 Å². The Morgan fingerprint density at radius 3 is 2.79 bits per heavy atom. The zero-order valence-electron chi connectivity index (χ0n) is 10.2. The van der Waals surface area contributed by atoms with E-state index in [-0.39, 0.29) is 13.2 Å². The van der Waals surface area contributed by atoms with Gasteiger partial charge in [0.1, 0.15) is 0 Å². The molecule has 5 N–H and O–H groups in total. The van der Waals surface area contributed by atoms with Gasteiger partial charge in [0.2, 0.25) is 18.6 Å². The molecule has 1 aliphatic rings. The number of benzene rings is 1. The summed E-state index contributed by atoms with van der Waals surface area (Å²) in [5.41, 5.74) is 11.3. The molecule has 1 atom stereocenters. The Bertz CT molecular complexity index is 504. The van der Waals surface area contributed by atoms with Crippen LogP contribution in [0, 0.1) is 0 Å². The molecule has 0 radical (unpaired) electrons. The van der Waals surface area contributed by atoms with E-state index in [0.717, 1.165) is 5.56 Å². The molecule has 2 amide bonds. The molecular formula is C12H15N3O4. The van der Waals surface area contributed by atoms with Crippen LogP contribution < -0.4 is 26.3 Å². The van der Waals surface area contributed by atoms with Crippen LogP contribution in [0.1, 0.15) is 12.0 Å². The Kier molecular flexibility index (Phi) is 3.86. The van der Waals surface area contributed by atoms with E-state index in [1.807, 2.05) is 6.07 Å². The minimum Gasteiger partial charge on any atom is -0.454 e. The molecule has 0 aromatic heterocycles. The minimum absolute atomic E-state index is 0.174. The van der Waals surface area contributed by atoms with Gasteiger partial charge in [0.15, 0.2) is 11.5 Å². The summed E-state index contributed by atoms with van der Waals surface area (Å²) in [4.78, 5) is 22.2. The molecule has 7 heteroatoms. The summed E-state index contributed by atoms with van der Waals surface area (Å²) < 4.78 is 10.4. The quantitative estimate of drug-likeness (QED) is 0.646. The van der Waals surface area contributed by atoms with E-state index < -0.39 is 17.9 Å². The van der Waals surface area contributed by atoms with E-state index >= 15 is 0 Å². The fraction of sp³-hybridized carbons (Fsp3) is 0.333. The summed E-state index contributed by atoms with van der Waals surface area (Å²) in [6.45, 7) is 0.497. The molecule has 0 spiro atoms. The standard InChI is InChI=1S/C12H15N3O4/c13-8(4-11(14)16)12(17)15-5-7-1-2-9-10(3-7)19-6-18-9/h1-3,8H,4-6,13H2,(H2,14,16)(H,15,17). The van der Waals surface area contributed by atoms with E-state index in [0.29, 0.717) is 18.0 Å². The van der Waals surface area contributed by atoms with Crippen LogP contribution in [0.3, 0.4) is 0 Å². The molecule has 1 aromatic rings. The largest absolute Gasteiger partial charge is 0.454 e. The predicted molar refractivity (Wildman–Crippen MR) is 66.2 cm³/mol.